The summed E-state index contributed by atoms with van der Waals surface area (Å²) < 4.78 is 44.7. The highest BCUT2D eigenvalue weighted by molar-refractivity contribution is 6.30. The van der Waals surface area contributed by atoms with Crippen LogP contribution in [-0.4, -0.2) is 60.8 Å². The van der Waals surface area contributed by atoms with Gasteiger partial charge in [0.15, 0.2) is 0 Å². The summed E-state index contributed by atoms with van der Waals surface area (Å²) in [5.41, 5.74) is -0.408. The van der Waals surface area contributed by atoms with E-state index >= 15 is 0 Å². The Labute approximate surface area is 194 Å². The van der Waals surface area contributed by atoms with Gasteiger partial charge in [-0.25, -0.2) is 4.79 Å². The number of ether oxygens (including phenoxy) is 1. The number of carboxylic acid groups (broad SMARTS) is 1. The van der Waals surface area contributed by atoms with Gasteiger partial charge >= 0.3 is 12.1 Å². The van der Waals surface area contributed by atoms with Gasteiger partial charge in [0.1, 0.15) is 6.61 Å². The van der Waals surface area contributed by atoms with Crippen molar-refractivity contribution in [2.75, 3.05) is 37.7 Å². The first-order valence-electron chi connectivity index (χ1n) is 10.4. The van der Waals surface area contributed by atoms with Gasteiger partial charge in [-0.3, -0.25) is 4.79 Å². The molecule has 3 rings (SSSR count). The Hall–Kier alpha value is -2.62. The number of benzene rings is 2. The van der Waals surface area contributed by atoms with E-state index in [9.17, 15) is 22.8 Å². The molecule has 2 aromatic rings. The fourth-order valence-electron chi connectivity index (χ4n) is 3.68. The zero-order valence-electron chi connectivity index (χ0n) is 17.7. The van der Waals surface area contributed by atoms with Crippen molar-refractivity contribution in [3.8, 4) is 0 Å². The summed E-state index contributed by atoms with van der Waals surface area (Å²) >= 11 is 5.96. The van der Waals surface area contributed by atoms with Crippen LogP contribution in [0, 0.1) is 0 Å². The Morgan fingerprint density at radius 2 is 1.79 bits per heavy atom. The van der Waals surface area contributed by atoms with Crippen LogP contribution in [-0.2, 0) is 15.7 Å². The van der Waals surface area contributed by atoms with Gasteiger partial charge < -0.3 is 19.6 Å². The van der Waals surface area contributed by atoms with Gasteiger partial charge in [0.25, 0.3) is 5.91 Å². The number of likely N-dealkylation sites (tertiary alicyclic amines) is 1. The number of piperidine rings is 1. The summed E-state index contributed by atoms with van der Waals surface area (Å²) in [5, 5.41) is 9.21. The van der Waals surface area contributed by atoms with E-state index in [0.717, 1.165) is 12.1 Å². The fraction of sp³-hybridized carbons (Fsp3) is 0.391. The van der Waals surface area contributed by atoms with Crippen molar-refractivity contribution in [1.29, 1.82) is 0 Å². The second-order valence-corrected chi connectivity index (χ2v) is 8.19. The van der Waals surface area contributed by atoms with Crippen LogP contribution in [0.4, 0.5) is 18.9 Å². The number of alkyl halides is 3. The molecule has 1 N–H and O–H groups in total. The van der Waals surface area contributed by atoms with Crippen LogP contribution in [0.15, 0.2) is 48.5 Å². The highest BCUT2D eigenvalue weighted by atomic mass is 35.5. The molecule has 10 heteroatoms. The highest BCUT2D eigenvalue weighted by Gasteiger charge is 2.31. The van der Waals surface area contributed by atoms with E-state index in [2.05, 4.69) is 4.90 Å². The second-order valence-electron chi connectivity index (χ2n) is 7.76. The number of carbonyl (C=O) groups excluding carboxylic acids is 1. The van der Waals surface area contributed by atoms with Crippen molar-refractivity contribution in [3.05, 3.63) is 64.7 Å². The quantitative estimate of drug-likeness (QED) is 0.594. The standard InChI is InChI=1S/C23H24ClF3N2O4/c24-18-4-6-19(7-5-18)29(22(32)16-2-1-3-17(14-16)23(25,26)27)13-12-28-10-8-20(9-11-28)33-15-21(30)31/h1-7,14,20H,8-13,15H2,(H,30,31). The predicted molar refractivity (Wildman–Crippen MR) is 118 cm³/mol. The third-order valence-corrected chi connectivity index (χ3v) is 5.69. The molecule has 33 heavy (non-hydrogen) atoms. The Morgan fingerprint density at radius 3 is 2.39 bits per heavy atom. The third-order valence-electron chi connectivity index (χ3n) is 5.44. The topological polar surface area (TPSA) is 70.1 Å². The minimum absolute atomic E-state index is 0.0550. The molecular formula is C23H24ClF3N2O4. The van der Waals surface area contributed by atoms with E-state index in [1.165, 1.54) is 17.0 Å². The van der Waals surface area contributed by atoms with Crippen molar-refractivity contribution in [2.24, 2.45) is 0 Å². The van der Waals surface area contributed by atoms with E-state index in [1.54, 1.807) is 24.3 Å². The van der Waals surface area contributed by atoms with Crippen molar-refractivity contribution in [1.82, 2.24) is 4.90 Å². The molecule has 0 spiro atoms. The molecule has 1 fully saturated rings. The maximum Gasteiger partial charge on any atom is 0.416 e. The predicted octanol–water partition coefficient (Wildman–Crippen LogP) is 4.57. The SMILES string of the molecule is O=C(O)COC1CCN(CCN(C(=O)c2cccc(C(F)(F)F)c2)c2ccc(Cl)cc2)CC1. The Morgan fingerprint density at radius 1 is 1.12 bits per heavy atom. The number of rotatable bonds is 8. The summed E-state index contributed by atoms with van der Waals surface area (Å²) in [5.74, 6) is -1.55. The molecule has 1 aliphatic heterocycles. The average Bonchev–Trinajstić information content (AvgIpc) is 2.79. The number of carbonyl (C=O) groups is 2. The molecule has 178 valence electrons. The number of anilines is 1. The summed E-state index contributed by atoms with van der Waals surface area (Å²) in [6.07, 6.45) is -3.35. The Kier molecular flexibility index (Phi) is 8.34. The molecule has 0 bridgehead atoms. The molecule has 0 aromatic heterocycles. The van der Waals surface area contributed by atoms with Crippen molar-refractivity contribution in [2.45, 2.75) is 25.1 Å². The molecule has 0 aliphatic carbocycles. The summed E-state index contributed by atoms with van der Waals surface area (Å²) in [7, 11) is 0. The minimum atomic E-state index is -4.55. The van der Waals surface area contributed by atoms with Crippen molar-refractivity contribution >= 4 is 29.2 Å². The maximum atomic E-state index is 13.2. The third kappa shape index (κ3) is 7.18. The maximum absolute atomic E-state index is 13.2. The number of aliphatic carboxylic acids is 1. The molecule has 6 nitrogen and oxygen atoms in total. The number of amides is 1. The zero-order valence-corrected chi connectivity index (χ0v) is 18.5. The van der Waals surface area contributed by atoms with Crippen LogP contribution in [0.1, 0.15) is 28.8 Å². The number of nitrogens with zero attached hydrogens (tertiary/aromatic N) is 2. The van der Waals surface area contributed by atoms with E-state index in [0.29, 0.717) is 43.2 Å². The lowest BCUT2D eigenvalue weighted by Gasteiger charge is -2.33. The van der Waals surface area contributed by atoms with Gasteiger partial charge in [-0.05, 0) is 55.3 Å². The molecule has 0 atom stereocenters. The van der Waals surface area contributed by atoms with Gasteiger partial charge in [0.2, 0.25) is 0 Å². The molecular weight excluding hydrogens is 461 g/mol. The van der Waals surface area contributed by atoms with Crippen LogP contribution in [0.3, 0.4) is 0 Å². The van der Waals surface area contributed by atoms with E-state index in [1.807, 2.05) is 0 Å². The Balaban J connectivity index is 1.70. The first kappa shape index (κ1) is 25.0. The number of halogens is 4. The number of hydrogen-bond acceptors (Lipinski definition) is 4. The summed E-state index contributed by atoms with van der Waals surface area (Å²) in [4.78, 5) is 27.4. The highest BCUT2D eigenvalue weighted by Crippen LogP contribution is 2.30. The largest absolute Gasteiger partial charge is 0.480 e. The van der Waals surface area contributed by atoms with Crippen LogP contribution in [0.25, 0.3) is 0 Å². The molecule has 2 aromatic carbocycles. The van der Waals surface area contributed by atoms with Gasteiger partial charge in [0, 0.05) is 42.5 Å². The van der Waals surface area contributed by atoms with E-state index in [4.69, 9.17) is 21.4 Å². The van der Waals surface area contributed by atoms with E-state index in [-0.39, 0.29) is 24.8 Å². The number of hydrogen-bond donors (Lipinski definition) is 1. The monoisotopic (exact) mass is 484 g/mol. The second kappa shape index (κ2) is 11.0. The smallest absolute Gasteiger partial charge is 0.416 e. The zero-order chi connectivity index (χ0) is 24.0. The van der Waals surface area contributed by atoms with Crippen LogP contribution in [0.5, 0.6) is 0 Å². The molecule has 0 unspecified atom stereocenters. The molecule has 0 saturated carbocycles. The first-order valence-corrected chi connectivity index (χ1v) is 10.8. The molecule has 1 saturated heterocycles. The van der Waals surface area contributed by atoms with Gasteiger partial charge in [-0.2, -0.15) is 13.2 Å². The van der Waals surface area contributed by atoms with Crippen molar-refractivity contribution < 1.29 is 32.6 Å². The Bertz CT molecular complexity index is 961. The van der Waals surface area contributed by atoms with Crippen LogP contribution < -0.4 is 4.90 Å². The molecule has 1 aliphatic rings. The number of carboxylic acids is 1. The first-order chi connectivity index (χ1) is 15.6. The lowest BCUT2D eigenvalue weighted by atomic mass is 10.1. The minimum Gasteiger partial charge on any atom is -0.480 e. The van der Waals surface area contributed by atoms with Crippen LogP contribution in [0.2, 0.25) is 5.02 Å². The summed E-state index contributed by atoms with van der Waals surface area (Å²) in [6, 6.07) is 10.9. The average molecular weight is 485 g/mol. The van der Waals surface area contributed by atoms with Crippen molar-refractivity contribution in [3.63, 3.8) is 0 Å². The van der Waals surface area contributed by atoms with Gasteiger partial charge in [0.05, 0.1) is 11.7 Å². The van der Waals surface area contributed by atoms with Crippen LogP contribution >= 0.6 is 11.6 Å². The normalized spacial score (nSPS) is 15.4. The molecule has 0 radical (unpaired) electrons. The van der Waals surface area contributed by atoms with E-state index < -0.39 is 23.6 Å². The van der Waals surface area contributed by atoms with Gasteiger partial charge in [-0.15, -0.1) is 0 Å². The lowest BCUT2D eigenvalue weighted by Crippen LogP contribution is -2.43. The lowest BCUT2D eigenvalue weighted by molar-refractivity contribution is -0.145. The molecule has 1 amide bonds. The van der Waals surface area contributed by atoms with Gasteiger partial charge in [-0.1, -0.05) is 17.7 Å². The molecule has 1 heterocycles. The summed E-state index contributed by atoms with van der Waals surface area (Å²) in [6.45, 7) is 1.75. The fourth-order valence-corrected chi connectivity index (χ4v) is 3.81.